The van der Waals surface area contributed by atoms with E-state index < -0.39 is 0 Å². The maximum absolute atomic E-state index is 5.49. The number of benzene rings is 1. The molecule has 0 amide bonds. The summed E-state index contributed by atoms with van der Waals surface area (Å²) in [5.74, 6) is 1.08. The van der Waals surface area contributed by atoms with Crippen LogP contribution >= 0.6 is 0 Å². The first kappa shape index (κ1) is 20.0. The van der Waals surface area contributed by atoms with Crippen LogP contribution in [0.3, 0.4) is 0 Å². The van der Waals surface area contributed by atoms with Gasteiger partial charge in [0.1, 0.15) is 0 Å². The quantitative estimate of drug-likeness (QED) is 0.449. The van der Waals surface area contributed by atoms with Crippen LogP contribution in [0.15, 0.2) is 35.3 Å². The van der Waals surface area contributed by atoms with Crippen LogP contribution in [0.2, 0.25) is 0 Å². The van der Waals surface area contributed by atoms with Crippen LogP contribution in [-0.4, -0.2) is 87.9 Å². The number of nitrogens with one attached hydrogen (secondary N) is 1. The zero-order valence-corrected chi connectivity index (χ0v) is 16.9. The molecule has 150 valence electrons. The van der Waals surface area contributed by atoms with Crippen molar-refractivity contribution in [1.29, 1.82) is 0 Å². The minimum absolute atomic E-state index is 0.641. The monoisotopic (exact) mass is 373 g/mol. The predicted octanol–water partition coefficient (Wildman–Crippen LogP) is 1.88. The van der Waals surface area contributed by atoms with E-state index in [0.29, 0.717) is 6.04 Å². The lowest BCUT2D eigenvalue weighted by Crippen LogP contribution is -2.46. The Bertz CT molecular complexity index is 573. The van der Waals surface area contributed by atoms with Gasteiger partial charge in [-0.25, -0.2) is 0 Å². The summed E-state index contributed by atoms with van der Waals surface area (Å²) in [5.41, 5.74) is 1.27. The number of para-hydroxylation sites is 1. The molecule has 0 aromatic heterocycles. The molecule has 0 saturated carbocycles. The summed E-state index contributed by atoms with van der Waals surface area (Å²) in [6.07, 6.45) is 2.28. The zero-order valence-electron chi connectivity index (χ0n) is 16.9. The van der Waals surface area contributed by atoms with Gasteiger partial charge in [-0.1, -0.05) is 18.2 Å². The van der Waals surface area contributed by atoms with Crippen LogP contribution in [0.5, 0.6) is 0 Å². The van der Waals surface area contributed by atoms with Crippen molar-refractivity contribution >= 4 is 11.6 Å². The van der Waals surface area contributed by atoms with E-state index in [1.54, 1.807) is 0 Å². The van der Waals surface area contributed by atoms with Crippen LogP contribution < -0.4 is 10.2 Å². The second kappa shape index (κ2) is 10.5. The first-order valence-electron chi connectivity index (χ1n) is 10.4. The molecule has 1 aromatic rings. The van der Waals surface area contributed by atoms with Crippen molar-refractivity contribution in [3.8, 4) is 0 Å². The van der Waals surface area contributed by atoms with Crippen LogP contribution in [0.1, 0.15) is 19.8 Å². The topological polar surface area (TPSA) is 43.3 Å². The molecular weight excluding hydrogens is 338 g/mol. The first-order valence-corrected chi connectivity index (χ1v) is 10.4. The molecular formula is C21H35N5O. The van der Waals surface area contributed by atoms with Crippen molar-refractivity contribution in [2.24, 2.45) is 4.99 Å². The van der Waals surface area contributed by atoms with Crippen molar-refractivity contribution in [3.05, 3.63) is 30.3 Å². The molecule has 2 saturated heterocycles. The third-order valence-electron chi connectivity index (χ3n) is 5.47. The third kappa shape index (κ3) is 5.84. The summed E-state index contributed by atoms with van der Waals surface area (Å²) in [6.45, 7) is 11.0. The molecule has 1 unspecified atom stereocenters. The Labute approximate surface area is 164 Å². The maximum Gasteiger partial charge on any atom is 0.193 e. The van der Waals surface area contributed by atoms with E-state index in [1.807, 2.05) is 0 Å². The van der Waals surface area contributed by atoms with Crippen LogP contribution in [0.4, 0.5) is 5.69 Å². The number of aliphatic imine (C=N–C) groups is 1. The summed E-state index contributed by atoms with van der Waals surface area (Å²) in [4.78, 5) is 12.2. The van der Waals surface area contributed by atoms with E-state index in [-0.39, 0.29) is 0 Å². The van der Waals surface area contributed by atoms with Gasteiger partial charge in [-0.05, 0) is 31.9 Å². The molecule has 2 heterocycles. The number of hydrogen-bond donors (Lipinski definition) is 1. The minimum atomic E-state index is 0.641. The highest BCUT2D eigenvalue weighted by Crippen LogP contribution is 2.17. The highest BCUT2D eigenvalue weighted by Gasteiger charge is 2.30. The predicted molar refractivity (Wildman–Crippen MR) is 113 cm³/mol. The fourth-order valence-corrected chi connectivity index (χ4v) is 3.91. The standard InChI is InChI=1S/C21H35N5O/c1-3-22-21(23-11-7-12-24(2)19-8-5-4-6-9-19)26-13-10-20(18-26)25-14-16-27-17-15-25/h4-6,8-9,20H,3,7,10-18H2,1-2H3,(H,22,23). The smallest absolute Gasteiger partial charge is 0.193 e. The van der Waals surface area contributed by atoms with Crippen molar-refractivity contribution in [2.45, 2.75) is 25.8 Å². The number of ether oxygens (including phenoxy) is 1. The number of guanidine groups is 1. The normalized spacial score (nSPS) is 21.5. The van der Waals surface area contributed by atoms with Crippen molar-refractivity contribution in [1.82, 2.24) is 15.1 Å². The van der Waals surface area contributed by atoms with Crippen LogP contribution in [-0.2, 0) is 4.74 Å². The average Bonchev–Trinajstić information content (AvgIpc) is 3.21. The third-order valence-corrected chi connectivity index (χ3v) is 5.47. The molecule has 1 aromatic carbocycles. The Morgan fingerprint density at radius 2 is 2.00 bits per heavy atom. The van der Waals surface area contributed by atoms with Gasteiger partial charge in [0.15, 0.2) is 5.96 Å². The van der Waals surface area contributed by atoms with Crippen molar-refractivity contribution < 1.29 is 4.74 Å². The largest absolute Gasteiger partial charge is 0.379 e. The van der Waals surface area contributed by atoms with E-state index in [4.69, 9.17) is 9.73 Å². The summed E-state index contributed by atoms with van der Waals surface area (Å²) >= 11 is 0. The summed E-state index contributed by atoms with van der Waals surface area (Å²) in [7, 11) is 2.15. The Balaban J connectivity index is 1.46. The van der Waals surface area contributed by atoms with Gasteiger partial charge in [0.2, 0.25) is 0 Å². The summed E-state index contributed by atoms with van der Waals surface area (Å²) in [5, 5.41) is 3.49. The molecule has 0 spiro atoms. The highest BCUT2D eigenvalue weighted by atomic mass is 16.5. The molecule has 2 fully saturated rings. The molecule has 6 nitrogen and oxygen atoms in total. The molecule has 3 rings (SSSR count). The van der Waals surface area contributed by atoms with E-state index in [1.165, 1.54) is 12.1 Å². The lowest BCUT2D eigenvalue weighted by atomic mass is 10.2. The van der Waals surface area contributed by atoms with Crippen molar-refractivity contribution in [3.63, 3.8) is 0 Å². The first-order chi connectivity index (χ1) is 13.3. The molecule has 0 radical (unpaired) electrons. The minimum Gasteiger partial charge on any atom is -0.379 e. The maximum atomic E-state index is 5.49. The fourth-order valence-electron chi connectivity index (χ4n) is 3.91. The van der Waals surface area contributed by atoms with E-state index in [9.17, 15) is 0 Å². The van der Waals surface area contributed by atoms with Gasteiger partial charge in [-0.2, -0.15) is 0 Å². The van der Waals surface area contributed by atoms with Crippen LogP contribution in [0.25, 0.3) is 0 Å². The Morgan fingerprint density at radius 1 is 1.22 bits per heavy atom. The van der Waals surface area contributed by atoms with Gasteiger partial charge in [-0.15, -0.1) is 0 Å². The molecule has 2 aliphatic heterocycles. The molecule has 0 bridgehead atoms. The van der Waals surface area contributed by atoms with Crippen LogP contribution in [0, 0.1) is 0 Å². The van der Waals surface area contributed by atoms with Gasteiger partial charge in [0.25, 0.3) is 0 Å². The zero-order chi connectivity index (χ0) is 18.9. The number of likely N-dealkylation sites (tertiary alicyclic amines) is 1. The lowest BCUT2D eigenvalue weighted by molar-refractivity contribution is 0.0195. The van der Waals surface area contributed by atoms with Gasteiger partial charge in [0, 0.05) is 64.6 Å². The van der Waals surface area contributed by atoms with E-state index in [0.717, 1.165) is 71.4 Å². The molecule has 6 heteroatoms. The number of morpholine rings is 1. The van der Waals surface area contributed by atoms with Gasteiger partial charge in [0.05, 0.1) is 13.2 Å². The lowest BCUT2D eigenvalue weighted by Gasteiger charge is -2.32. The van der Waals surface area contributed by atoms with Crippen molar-refractivity contribution in [2.75, 3.05) is 71.0 Å². The highest BCUT2D eigenvalue weighted by molar-refractivity contribution is 5.80. The van der Waals surface area contributed by atoms with E-state index in [2.05, 4.69) is 64.3 Å². The Hall–Kier alpha value is -1.79. The molecule has 1 N–H and O–H groups in total. The summed E-state index contributed by atoms with van der Waals surface area (Å²) in [6, 6.07) is 11.2. The van der Waals surface area contributed by atoms with Gasteiger partial charge in [-0.3, -0.25) is 9.89 Å². The SMILES string of the molecule is CCNC(=NCCCN(C)c1ccccc1)N1CCC(N2CCOCC2)C1. The number of anilines is 1. The second-order valence-corrected chi connectivity index (χ2v) is 7.38. The molecule has 2 aliphatic rings. The second-order valence-electron chi connectivity index (χ2n) is 7.38. The fraction of sp³-hybridized carbons (Fsp3) is 0.667. The number of nitrogens with zero attached hydrogens (tertiary/aromatic N) is 4. The van der Waals surface area contributed by atoms with Gasteiger partial charge >= 0.3 is 0 Å². The Morgan fingerprint density at radius 3 is 2.74 bits per heavy atom. The van der Waals surface area contributed by atoms with E-state index >= 15 is 0 Å². The number of rotatable bonds is 7. The van der Waals surface area contributed by atoms with Gasteiger partial charge < -0.3 is 19.9 Å². The Kier molecular flexibility index (Phi) is 7.78. The molecule has 0 aliphatic carbocycles. The molecule has 27 heavy (non-hydrogen) atoms. The molecule has 1 atom stereocenters. The average molecular weight is 374 g/mol. The summed E-state index contributed by atoms with van der Waals surface area (Å²) < 4.78 is 5.49. The number of hydrogen-bond acceptors (Lipinski definition) is 4.